The standard InChI is InChI=1S/C13H22N4O2/c1-9(13(2,3)4)16(5)11-8-6-7-10(15-14)12(11)17(18)19/h6-9,15H,14H2,1-5H3. The van der Waals surface area contributed by atoms with Crippen molar-refractivity contribution in [1.82, 2.24) is 0 Å². The van der Waals surface area contributed by atoms with E-state index in [1.807, 2.05) is 18.9 Å². The molecule has 0 saturated carbocycles. The van der Waals surface area contributed by atoms with Crippen LogP contribution in [0.15, 0.2) is 18.2 Å². The molecule has 0 aliphatic carbocycles. The van der Waals surface area contributed by atoms with Crippen LogP contribution in [0.1, 0.15) is 27.7 Å². The molecule has 0 bridgehead atoms. The van der Waals surface area contributed by atoms with Gasteiger partial charge in [0, 0.05) is 13.1 Å². The third kappa shape index (κ3) is 3.14. The maximum Gasteiger partial charge on any atom is 0.316 e. The van der Waals surface area contributed by atoms with Crippen LogP contribution in [0.2, 0.25) is 0 Å². The molecule has 0 aromatic heterocycles. The summed E-state index contributed by atoms with van der Waals surface area (Å²) < 4.78 is 0. The Morgan fingerprint density at radius 2 is 2.00 bits per heavy atom. The highest BCUT2D eigenvalue weighted by molar-refractivity contribution is 5.76. The Morgan fingerprint density at radius 1 is 1.42 bits per heavy atom. The van der Waals surface area contributed by atoms with Gasteiger partial charge in [-0.3, -0.25) is 16.0 Å². The molecule has 3 N–H and O–H groups in total. The third-order valence-electron chi connectivity index (χ3n) is 3.57. The number of nitrogens with one attached hydrogen (secondary N) is 1. The largest absolute Gasteiger partial charge is 0.366 e. The third-order valence-corrected chi connectivity index (χ3v) is 3.57. The van der Waals surface area contributed by atoms with Gasteiger partial charge in [0.05, 0.1) is 4.92 Å². The molecule has 6 nitrogen and oxygen atoms in total. The lowest BCUT2D eigenvalue weighted by molar-refractivity contribution is -0.383. The van der Waals surface area contributed by atoms with Crippen LogP contribution in [-0.4, -0.2) is 18.0 Å². The van der Waals surface area contributed by atoms with Crippen LogP contribution >= 0.6 is 0 Å². The molecule has 1 unspecified atom stereocenters. The van der Waals surface area contributed by atoms with Gasteiger partial charge in [-0.2, -0.15) is 0 Å². The van der Waals surface area contributed by atoms with Crippen molar-refractivity contribution in [3.8, 4) is 0 Å². The van der Waals surface area contributed by atoms with Crippen LogP contribution in [0.3, 0.4) is 0 Å². The Kier molecular flexibility index (Phi) is 4.36. The van der Waals surface area contributed by atoms with Crippen molar-refractivity contribution in [1.29, 1.82) is 0 Å². The second-order valence-corrected chi connectivity index (χ2v) is 5.73. The fourth-order valence-electron chi connectivity index (χ4n) is 1.91. The van der Waals surface area contributed by atoms with Crippen molar-refractivity contribution in [2.45, 2.75) is 33.7 Å². The molecule has 0 spiro atoms. The highest BCUT2D eigenvalue weighted by Crippen LogP contribution is 2.37. The summed E-state index contributed by atoms with van der Waals surface area (Å²) in [6, 6.07) is 5.22. The molecule has 0 fully saturated rings. The van der Waals surface area contributed by atoms with E-state index < -0.39 is 4.92 Å². The molecule has 0 aliphatic rings. The Hall–Kier alpha value is -1.82. The summed E-state index contributed by atoms with van der Waals surface area (Å²) in [5.41, 5.74) is 3.27. The normalized spacial score (nSPS) is 12.9. The van der Waals surface area contributed by atoms with Gasteiger partial charge in [0.15, 0.2) is 0 Å². The van der Waals surface area contributed by atoms with Crippen LogP contribution in [-0.2, 0) is 0 Å². The lowest BCUT2D eigenvalue weighted by Gasteiger charge is -2.36. The summed E-state index contributed by atoms with van der Waals surface area (Å²) in [4.78, 5) is 12.8. The second-order valence-electron chi connectivity index (χ2n) is 5.73. The van der Waals surface area contributed by atoms with Gasteiger partial charge in [-0.1, -0.05) is 26.8 Å². The average molecular weight is 266 g/mol. The topological polar surface area (TPSA) is 84.4 Å². The lowest BCUT2D eigenvalue weighted by Crippen LogP contribution is -2.39. The van der Waals surface area contributed by atoms with Crippen LogP contribution in [0, 0.1) is 15.5 Å². The Morgan fingerprint density at radius 3 is 2.42 bits per heavy atom. The molecular weight excluding hydrogens is 244 g/mol. The number of nitro groups is 1. The summed E-state index contributed by atoms with van der Waals surface area (Å²) in [7, 11) is 1.86. The fourth-order valence-corrected chi connectivity index (χ4v) is 1.91. The molecule has 0 heterocycles. The van der Waals surface area contributed by atoms with Gasteiger partial charge in [-0.15, -0.1) is 0 Å². The highest BCUT2D eigenvalue weighted by Gasteiger charge is 2.29. The molecule has 0 amide bonds. The first-order valence-electron chi connectivity index (χ1n) is 6.17. The van der Waals surface area contributed by atoms with Gasteiger partial charge >= 0.3 is 5.69 Å². The zero-order valence-corrected chi connectivity index (χ0v) is 12.1. The molecule has 0 radical (unpaired) electrons. The number of rotatable bonds is 4. The lowest BCUT2D eigenvalue weighted by atomic mass is 9.87. The SMILES string of the molecule is CC(N(C)c1cccc(NN)c1[N+](=O)[O-])C(C)(C)C. The monoisotopic (exact) mass is 266 g/mol. The second kappa shape index (κ2) is 5.44. The maximum absolute atomic E-state index is 11.3. The predicted octanol–water partition coefficient (Wildman–Crippen LogP) is 2.75. The zero-order chi connectivity index (χ0) is 14.8. The first-order valence-corrected chi connectivity index (χ1v) is 6.17. The molecule has 1 aromatic carbocycles. The minimum absolute atomic E-state index is 0.00333. The summed E-state index contributed by atoms with van der Waals surface area (Å²) >= 11 is 0. The van der Waals surface area contributed by atoms with Crippen LogP contribution in [0.4, 0.5) is 17.1 Å². The van der Waals surface area contributed by atoms with E-state index in [1.54, 1.807) is 18.2 Å². The first-order chi connectivity index (χ1) is 8.70. The molecule has 6 heteroatoms. The number of nitrogens with two attached hydrogens (primary N) is 1. The van der Waals surface area contributed by atoms with E-state index >= 15 is 0 Å². The Bertz CT molecular complexity index is 468. The molecule has 0 saturated heterocycles. The van der Waals surface area contributed by atoms with Gasteiger partial charge in [-0.05, 0) is 24.5 Å². The van der Waals surface area contributed by atoms with E-state index in [1.165, 1.54) is 0 Å². The van der Waals surface area contributed by atoms with E-state index in [0.717, 1.165) is 0 Å². The van der Waals surface area contributed by atoms with Crippen molar-refractivity contribution >= 4 is 17.1 Å². The van der Waals surface area contributed by atoms with Crippen molar-refractivity contribution in [3.05, 3.63) is 28.3 Å². The van der Waals surface area contributed by atoms with Crippen LogP contribution < -0.4 is 16.2 Å². The van der Waals surface area contributed by atoms with E-state index in [4.69, 9.17) is 5.84 Å². The minimum Gasteiger partial charge on any atom is -0.366 e. The number of hydrogen-bond donors (Lipinski definition) is 2. The van der Waals surface area contributed by atoms with Gasteiger partial charge in [0.25, 0.3) is 0 Å². The summed E-state index contributed by atoms with van der Waals surface area (Å²) in [5, 5.41) is 11.3. The quantitative estimate of drug-likeness (QED) is 0.497. The minimum atomic E-state index is -0.406. The van der Waals surface area contributed by atoms with E-state index in [-0.39, 0.29) is 17.1 Å². The summed E-state index contributed by atoms with van der Waals surface area (Å²) in [6.07, 6.45) is 0. The van der Waals surface area contributed by atoms with Gasteiger partial charge < -0.3 is 10.3 Å². The van der Waals surface area contributed by atoms with Crippen molar-refractivity contribution in [2.24, 2.45) is 11.3 Å². The maximum atomic E-state index is 11.3. The number of benzene rings is 1. The molecule has 1 rings (SSSR count). The molecular formula is C13H22N4O2. The fraction of sp³-hybridized carbons (Fsp3) is 0.538. The highest BCUT2D eigenvalue weighted by atomic mass is 16.6. The smallest absolute Gasteiger partial charge is 0.316 e. The summed E-state index contributed by atoms with van der Waals surface area (Å²) in [5.74, 6) is 5.35. The van der Waals surface area contributed by atoms with E-state index in [0.29, 0.717) is 11.4 Å². The molecule has 106 valence electrons. The predicted molar refractivity (Wildman–Crippen MR) is 78.2 cm³/mol. The van der Waals surface area contributed by atoms with Crippen LogP contribution in [0.25, 0.3) is 0 Å². The van der Waals surface area contributed by atoms with Gasteiger partial charge in [0.1, 0.15) is 11.4 Å². The van der Waals surface area contributed by atoms with E-state index in [9.17, 15) is 10.1 Å². The Labute approximate surface area is 113 Å². The first kappa shape index (κ1) is 15.2. The number of nitro benzene ring substituents is 1. The number of anilines is 2. The number of nitrogens with zero attached hydrogens (tertiary/aromatic N) is 2. The number of nitrogen functional groups attached to an aromatic ring is 1. The van der Waals surface area contributed by atoms with Gasteiger partial charge in [-0.25, -0.2) is 0 Å². The van der Waals surface area contributed by atoms with E-state index in [2.05, 4.69) is 26.2 Å². The van der Waals surface area contributed by atoms with Crippen LogP contribution in [0.5, 0.6) is 0 Å². The number of para-hydroxylation sites is 1. The summed E-state index contributed by atoms with van der Waals surface area (Å²) in [6.45, 7) is 8.35. The van der Waals surface area contributed by atoms with Gasteiger partial charge in [0.2, 0.25) is 0 Å². The molecule has 1 atom stereocenters. The molecule has 0 aliphatic heterocycles. The van der Waals surface area contributed by atoms with Crippen molar-refractivity contribution in [3.63, 3.8) is 0 Å². The number of hydrogen-bond acceptors (Lipinski definition) is 5. The van der Waals surface area contributed by atoms with Crippen molar-refractivity contribution < 1.29 is 4.92 Å². The van der Waals surface area contributed by atoms with Crippen molar-refractivity contribution in [2.75, 3.05) is 17.4 Å². The molecule has 1 aromatic rings. The molecule has 19 heavy (non-hydrogen) atoms. The number of hydrazine groups is 1. The average Bonchev–Trinajstić information content (AvgIpc) is 2.34. The zero-order valence-electron chi connectivity index (χ0n) is 12.1. The Balaban J connectivity index is 3.31.